The van der Waals surface area contributed by atoms with E-state index < -0.39 is 0 Å². The van der Waals surface area contributed by atoms with E-state index in [2.05, 4.69) is 9.88 Å². The molecule has 1 aliphatic heterocycles. The van der Waals surface area contributed by atoms with Crippen LogP contribution >= 0.6 is 22.9 Å². The van der Waals surface area contributed by atoms with Gasteiger partial charge in [0.2, 0.25) is 0 Å². The Morgan fingerprint density at radius 3 is 2.56 bits per heavy atom. The number of amides is 1. The molecule has 2 heterocycles. The van der Waals surface area contributed by atoms with Crippen LogP contribution in [-0.2, 0) is 9.53 Å². The van der Waals surface area contributed by atoms with Crippen molar-refractivity contribution in [3.05, 3.63) is 47.5 Å². The van der Waals surface area contributed by atoms with Gasteiger partial charge in [0.1, 0.15) is 17.0 Å². The summed E-state index contributed by atoms with van der Waals surface area (Å²) >= 11 is 7.77. The fraction of sp³-hybridized carbons (Fsp3) is 0.391. The molecule has 0 saturated carbocycles. The summed E-state index contributed by atoms with van der Waals surface area (Å²) in [5, 5.41) is 1.21. The first-order valence-electron chi connectivity index (χ1n) is 10.6. The minimum atomic E-state index is -0.151. The van der Waals surface area contributed by atoms with Crippen LogP contribution in [-0.4, -0.2) is 68.4 Å². The number of nitrogens with zero attached hydrogens (tertiary/aromatic N) is 3. The molecule has 7 nitrogen and oxygen atoms in total. The number of carbonyl (C=O) groups is 1. The van der Waals surface area contributed by atoms with Crippen molar-refractivity contribution < 1.29 is 19.0 Å². The van der Waals surface area contributed by atoms with Crippen molar-refractivity contribution in [2.24, 2.45) is 0 Å². The molecule has 9 heteroatoms. The number of aromatic nitrogens is 1. The van der Waals surface area contributed by atoms with Crippen LogP contribution in [0.1, 0.15) is 6.92 Å². The smallest absolute Gasteiger partial charge is 0.266 e. The van der Waals surface area contributed by atoms with E-state index in [9.17, 15) is 4.79 Å². The summed E-state index contributed by atoms with van der Waals surface area (Å²) in [6.07, 6.45) is 0. The minimum absolute atomic E-state index is 0.0826. The number of thiazole rings is 1. The van der Waals surface area contributed by atoms with Gasteiger partial charge in [-0.25, -0.2) is 4.98 Å². The number of benzene rings is 2. The van der Waals surface area contributed by atoms with Gasteiger partial charge >= 0.3 is 0 Å². The van der Waals surface area contributed by atoms with Gasteiger partial charge in [-0.2, -0.15) is 0 Å². The van der Waals surface area contributed by atoms with Crippen molar-refractivity contribution in [2.45, 2.75) is 6.92 Å². The zero-order valence-corrected chi connectivity index (χ0v) is 19.5. The summed E-state index contributed by atoms with van der Waals surface area (Å²) < 4.78 is 17.6. The summed E-state index contributed by atoms with van der Waals surface area (Å²) in [7, 11) is 0. The number of carbonyl (C=O) groups excluding carboxylic acids is 1. The van der Waals surface area contributed by atoms with Gasteiger partial charge in [0.15, 0.2) is 11.7 Å². The number of ether oxygens (including phenoxy) is 3. The standard InChI is InChI=1S/C23H26ClN3O4S/c1-2-30-17-6-8-18(9-7-17)31-16-21(28)27(11-10-26-12-14-29-15-13-26)23-25-22-19(24)4-3-5-20(22)32-23/h3-9H,2,10-16H2,1H3. The number of para-hydroxylation sites is 1. The Bertz CT molecular complexity index is 1040. The molecule has 1 amide bonds. The predicted octanol–water partition coefficient (Wildman–Crippen LogP) is 4.09. The third kappa shape index (κ3) is 5.69. The molecule has 1 fully saturated rings. The Morgan fingerprint density at radius 2 is 1.88 bits per heavy atom. The SMILES string of the molecule is CCOc1ccc(OCC(=O)N(CCN2CCOCC2)c2nc3c(Cl)cccc3s2)cc1. The molecule has 1 aromatic heterocycles. The van der Waals surface area contributed by atoms with E-state index in [1.165, 1.54) is 11.3 Å². The lowest BCUT2D eigenvalue weighted by molar-refractivity contribution is -0.120. The van der Waals surface area contributed by atoms with E-state index in [0.29, 0.717) is 47.8 Å². The van der Waals surface area contributed by atoms with Crippen molar-refractivity contribution in [1.82, 2.24) is 9.88 Å². The van der Waals surface area contributed by atoms with Crippen LogP contribution in [0.15, 0.2) is 42.5 Å². The molecule has 170 valence electrons. The predicted molar refractivity (Wildman–Crippen MR) is 127 cm³/mol. The van der Waals surface area contributed by atoms with Crippen LogP contribution < -0.4 is 14.4 Å². The highest BCUT2D eigenvalue weighted by atomic mass is 35.5. The number of hydrogen-bond acceptors (Lipinski definition) is 7. The van der Waals surface area contributed by atoms with E-state index in [-0.39, 0.29) is 12.5 Å². The van der Waals surface area contributed by atoms with Gasteiger partial charge < -0.3 is 14.2 Å². The van der Waals surface area contributed by atoms with Crippen LogP contribution in [0, 0.1) is 0 Å². The van der Waals surface area contributed by atoms with E-state index in [1.807, 2.05) is 37.3 Å². The fourth-order valence-corrected chi connectivity index (χ4v) is 4.74. The second-order valence-electron chi connectivity index (χ2n) is 7.28. The van der Waals surface area contributed by atoms with Gasteiger partial charge in [-0.3, -0.25) is 14.6 Å². The van der Waals surface area contributed by atoms with Crippen molar-refractivity contribution in [2.75, 3.05) is 57.5 Å². The first kappa shape index (κ1) is 22.8. The number of morpholine rings is 1. The topological polar surface area (TPSA) is 64.1 Å². The largest absolute Gasteiger partial charge is 0.494 e. The quantitative estimate of drug-likeness (QED) is 0.464. The van der Waals surface area contributed by atoms with Crippen LogP contribution in [0.5, 0.6) is 11.5 Å². The normalized spacial score (nSPS) is 14.4. The van der Waals surface area contributed by atoms with Crippen molar-refractivity contribution in [3.63, 3.8) is 0 Å². The lowest BCUT2D eigenvalue weighted by Crippen LogP contribution is -2.44. The van der Waals surface area contributed by atoms with Gasteiger partial charge in [-0.1, -0.05) is 29.0 Å². The van der Waals surface area contributed by atoms with Crippen LogP contribution in [0.3, 0.4) is 0 Å². The highest BCUT2D eigenvalue weighted by Crippen LogP contribution is 2.33. The highest BCUT2D eigenvalue weighted by Gasteiger charge is 2.22. The third-order valence-corrected chi connectivity index (χ3v) is 6.48. The monoisotopic (exact) mass is 475 g/mol. The van der Waals surface area contributed by atoms with Crippen molar-refractivity contribution >= 4 is 44.2 Å². The van der Waals surface area contributed by atoms with Crippen molar-refractivity contribution in [3.8, 4) is 11.5 Å². The van der Waals surface area contributed by atoms with Gasteiger partial charge in [0.25, 0.3) is 5.91 Å². The summed E-state index contributed by atoms with van der Waals surface area (Å²) in [6, 6.07) is 12.9. The molecule has 0 N–H and O–H groups in total. The van der Waals surface area contributed by atoms with E-state index in [1.54, 1.807) is 17.0 Å². The number of anilines is 1. The first-order valence-corrected chi connectivity index (χ1v) is 11.8. The summed E-state index contributed by atoms with van der Waals surface area (Å²) in [5.41, 5.74) is 0.714. The fourth-order valence-electron chi connectivity index (χ4n) is 3.43. The maximum Gasteiger partial charge on any atom is 0.266 e. The second kappa shape index (κ2) is 11.0. The Balaban J connectivity index is 1.47. The first-order chi connectivity index (χ1) is 15.6. The van der Waals surface area contributed by atoms with E-state index >= 15 is 0 Å². The van der Waals surface area contributed by atoms with Crippen LogP contribution in [0.4, 0.5) is 5.13 Å². The molecule has 1 saturated heterocycles. The molecule has 4 rings (SSSR count). The molecule has 0 bridgehead atoms. The Kier molecular flexibility index (Phi) is 7.81. The lowest BCUT2D eigenvalue weighted by atomic mass is 10.3. The molecule has 32 heavy (non-hydrogen) atoms. The number of fused-ring (bicyclic) bond motifs is 1. The molecular formula is C23H26ClN3O4S. The third-order valence-electron chi connectivity index (χ3n) is 5.13. The summed E-state index contributed by atoms with van der Waals surface area (Å²) in [6.45, 7) is 6.85. The molecule has 0 atom stereocenters. The van der Waals surface area contributed by atoms with Crippen molar-refractivity contribution in [1.29, 1.82) is 0 Å². The maximum atomic E-state index is 13.2. The number of halogens is 1. The molecule has 0 unspecified atom stereocenters. The highest BCUT2D eigenvalue weighted by molar-refractivity contribution is 7.22. The summed E-state index contributed by atoms with van der Waals surface area (Å²) in [5.74, 6) is 1.23. The van der Waals surface area contributed by atoms with Gasteiger partial charge in [0, 0.05) is 26.2 Å². The molecule has 2 aromatic carbocycles. The molecule has 3 aromatic rings. The van der Waals surface area contributed by atoms with Gasteiger partial charge in [0.05, 0.1) is 29.5 Å². The Hall–Kier alpha value is -2.39. The van der Waals surface area contributed by atoms with Crippen LogP contribution in [0.25, 0.3) is 10.2 Å². The average Bonchev–Trinajstić information content (AvgIpc) is 3.25. The van der Waals surface area contributed by atoms with Gasteiger partial charge in [-0.15, -0.1) is 0 Å². The Labute approximate surface area is 196 Å². The number of rotatable bonds is 9. The zero-order chi connectivity index (χ0) is 22.3. The van der Waals surface area contributed by atoms with E-state index in [4.69, 9.17) is 25.8 Å². The molecule has 1 aliphatic rings. The zero-order valence-electron chi connectivity index (χ0n) is 18.0. The molecule has 0 spiro atoms. The number of hydrogen-bond donors (Lipinski definition) is 0. The maximum absolute atomic E-state index is 13.2. The Morgan fingerprint density at radius 1 is 1.16 bits per heavy atom. The minimum Gasteiger partial charge on any atom is -0.494 e. The average molecular weight is 476 g/mol. The van der Waals surface area contributed by atoms with Gasteiger partial charge in [-0.05, 0) is 43.3 Å². The second-order valence-corrected chi connectivity index (χ2v) is 8.69. The molecular weight excluding hydrogens is 450 g/mol. The molecule has 0 radical (unpaired) electrons. The van der Waals surface area contributed by atoms with E-state index in [0.717, 1.165) is 30.1 Å². The van der Waals surface area contributed by atoms with Crippen LogP contribution in [0.2, 0.25) is 5.02 Å². The molecule has 0 aliphatic carbocycles. The summed E-state index contributed by atoms with van der Waals surface area (Å²) in [4.78, 5) is 21.8. The lowest BCUT2D eigenvalue weighted by Gasteiger charge is -2.29.